The van der Waals surface area contributed by atoms with Gasteiger partial charge in [-0.15, -0.1) is 0 Å². The van der Waals surface area contributed by atoms with Crippen LogP contribution < -0.4 is 0 Å². The van der Waals surface area contributed by atoms with E-state index in [4.69, 9.17) is 9.47 Å². The lowest BCUT2D eigenvalue weighted by Gasteiger charge is -2.19. The van der Waals surface area contributed by atoms with E-state index in [1.54, 1.807) is 32.9 Å². The number of rotatable bonds is 4. The highest BCUT2D eigenvalue weighted by molar-refractivity contribution is 5.92. The first-order chi connectivity index (χ1) is 8.83. The fourth-order valence-electron chi connectivity index (χ4n) is 1.60. The van der Waals surface area contributed by atoms with Crippen molar-refractivity contribution in [3.8, 4) is 0 Å². The molecule has 0 aromatic heterocycles. The molecule has 1 rings (SSSR count). The van der Waals surface area contributed by atoms with Gasteiger partial charge in [0.25, 0.3) is 0 Å². The van der Waals surface area contributed by atoms with Crippen molar-refractivity contribution in [3.05, 3.63) is 35.4 Å². The van der Waals surface area contributed by atoms with E-state index in [0.29, 0.717) is 5.56 Å². The Labute approximate surface area is 113 Å². The Morgan fingerprint density at radius 1 is 1.16 bits per heavy atom. The van der Waals surface area contributed by atoms with Crippen molar-refractivity contribution in [3.63, 3.8) is 0 Å². The summed E-state index contributed by atoms with van der Waals surface area (Å²) in [5, 5.41) is 0. The van der Waals surface area contributed by atoms with Gasteiger partial charge in [0.1, 0.15) is 5.60 Å². The van der Waals surface area contributed by atoms with Gasteiger partial charge in [0.15, 0.2) is 6.61 Å². The van der Waals surface area contributed by atoms with Crippen molar-refractivity contribution in [1.82, 2.24) is 0 Å². The maximum absolute atomic E-state index is 11.9. The second-order valence-corrected chi connectivity index (χ2v) is 5.17. The summed E-state index contributed by atoms with van der Waals surface area (Å²) in [4.78, 5) is 23.3. The molecular weight excluding hydrogens is 244 g/mol. The van der Waals surface area contributed by atoms with Gasteiger partial charge in [-0.25, -0.2) is 9.59 Å². The molecule has 0 aliphatic heterocycles. The summed E-state index contributed by atoms with van der Waals surface area (Å²) >= 11 is 0. The van der Waals surface area contributed by atoms with E-state index >= 15 is 0 Å². The molecule has 0 heterocycles. The Hall–Kier alpha value is -1.84. The van der Waals surface area contributed by atoms with Gasteiger partial charge in [-0.2, -0.15) is 0 Å². The fraction of sp³-hybridized carbons (Fsp3) is 0.467. The van der Waals surface area contributed by atoms with Crippen molar-refractivity contribution >= 4 is 11.9 Å². The van der Waals surface area contributed by atoms with E-state index in [1.165, 1.54) is 0 Å². The maximum Gasteiger partial charge on any atom is 0.344 e. The van der Waals surface area contributed by atoms with Crippen LogP contribution in [0.2, 0.25) is 0 Å². The largest absolute Gasteiger partial charge is 0.457 e. The van der Waals surface area contributed by atoms with E-state index in [0.717, 1.165) is 12.0 Å². The van der Waals surface area contributed by atoms with Crippen LogP contribution in [0.1, 0.15) is 43.6 Å². The molecule has 4 heteroatoms. The van der Waals surface area contributed by atoms with Crippen molar-refractivity contribution in [2.75, 3.05) is 6.61 Å². The van der Waals surface area contributed by atoms with Crippen molar-refractivity contribution in [1.29, 1.82) is 0 Å². The minimum Gasteiger partial charge on any atom is -0.457 e. The normalized spacial score (nSPS) is 10.9. The average Bonchev–Trinajstić information content (AvgIpc) is 2.33. The van der Waals surface area contributed by atoms with Gasteiger partial charge in [0, 0.05) is 0 Å². The van der Waals surface area contributed by atoms with Gasteiger partial charge in [-0.1, -0.05) is 25.1 Å². The molecule has 0 aliphatic rings. The quantitative estimate of drug-likeness (QED) is 0.785. The summed E-state index contributed by atoms with van der Waals surface area (Å²) in [5.41, 5.74) is 0.815. The molecule has 0 unspecified atom stereocenters. The van der Waals surface area contributed by atoms with Gasteiger partial charge in [0.2, 0.25) is 0 Å². The van der Waals surface area contributed by atoms with E-state index in [-0.39, 0.29) is 6.61 Å². The second-order valence-electron chi connectivity index (χ2n) is 5.17. The molecule has 19 heavy (non-hydrogen) atoms. The second kappa shape index (κ2) is 6.36. The minimum atomic E-state index is -0.579. The number of hydrogen-bond donors (Lipinski definition) is 0. The zero-order chi connectivity index (χ0) is 14.5. The first-order valence-electron chi connectivity index (χ1n) is 6.30. The molecule has 0 N–H and O–H groups in total. The molecule has 1 aromatic rings. The van der Waals surface area contributed by atoms with E-state index in [2.05, 4.69) is 0 Å². The van der Waals surface area contributed by atoms with Crippen LogP contribution in [0.5, 0.6) is 0 Å². The summed E-state index contributed by atoms with van der Waals surface area (Å²) in [7, 11) is 0. The topological polar surface area (TPSA) is 52.6 Å². The number of aryl methyl sites for hydroxylation is 1. The van der Waals surface area contributed by atoms with Crippen LogP contribution in [0.25, 0.3) is 0 Å². The number of esters is 2. The van der Waals surface area contributed by atoms with Gasteiger partial charge >= 0.3 is 11.9 Å². The van der Waals surface area contributed by atoms with Crippen LogP contribution in [0.3, 0.4) is 0 Å². The fourth-order valence-corrected chi connectivity index (χ4v) is 1.60. The molecule has 0 amide bonds. The number of carbonyl (C=O) groups excluding carboxylic acids is 2. The predicted octanol–water partition coefficient (Wildman–Crippen LogP) is 2.75. The highest BCUT2D eigenvalue weighted by Gasteiger charge is 2.18. The molecule has 1 aromatic carbocycles. The van der Waals surface area contributed by atoms with Crippen molar-refractivity contribution < 1.29 is 19.1 Å². The first kappa shape index (κ1) is 15.2. The van der Waals surface area contributed by atoms with Gasteiger partial charge in [0.05, 0.1) is 5.56 Å². The first-order valence-corrected chi connectivity index (χ1v) is 6.30. The zero-order valence-electron chi connectivity index (χ0n) is 11.9. The van der Waals surface area contributed by atoms with E-state index in [9.17, 15) is 9.59 Å². The number of benzene rings is 1. The highest BCUT2D eigenvalue weighted by Crippen LogP contribution is 2.11. The lowest BCUT2D eigenvalue weighted by atomic mass is 10.1. The molecular formula is C15H20O4. The molecule has 0 spiro atoms. The number of ether oxygens (including phenoxy) is 2. The van der Waals surface area contributed by atoms with E-state index < -0.39 is 17.5 Å². The van der Waals surface area contributed by atoms with Gasteiger partial charge < -0.3 is 9.47 Å². The van der Waals surface area contributed by atoms with Crippen LogP contribution in [0.15, 0.2) is 24.3 Å². The molecule has 0 saturated heterocycles. The lowest BCUT2D eigenvalue weighted by molar-refractivity contribution is -0.158. The Bertz CT molecular complexity index is 457. The zero-order valence-corrected chi connectivity index (χ0v) is 11.9. The number of hydrogen-bond acceptors (Lipinski definition) is 4. The van der Waals surface area contributed by atoms with Crippen LogP contribution in [-0.4, -0.2) is 24.1 Å². The summed E-state index contributed by atoms with van der Waals surface area (Å²) < 4.78 is 10.0. The maximum atomic E-state index is 11.9. The van der Waals surface area contributed by atoms with Gasteiger partial charge in [-0.05, 0) is 38.8 Å². The Kier molecular flexibility index (Phi) is 5.10. The van der Waals surface area contributed by atoms with Crippen molar-refractivity contribution in [2.45, 2.75) is 39.7 Å². The Morgan fingerprint density at radius 2 is 1.79 bits per heavy atom. The molecule has 4 nitrogen and oxygen atoms in total. The smallest absolute Gasteiger partial charge is 0.344 e. The van der Waals surface area contributed by atoms with Crippen LogP contribution >= 0.6 is 0 Å². The van der Waals surface area contributed by atoms with Crippen LogP contribution in [0.4, 0.5) is 0 Å². The molecule has 0 radical (unpaired) electrons. The third-order valence-corrected chi connectivity index (χ3v) is 2.36. The standard InChI is InChI=1S/C15H20O4/c1-5-11-8-6-7-9-12(11)14(17)18-10-13(16)19-15(2,3)4/h6-9H,5,10H2,1-4H3. The van der Waals surface area contributed by atoms with Gasteiger partial charge in [-0.3, -0.25) is 0 Å². The Morgan fingerprint density at radius 3 is 2.37 bits per heavy atom. The minimum absolute atomic E-state index is 0.367. The molecule has 104 valence electrons. The van der Waals surface area contributed by atoms with Crippen LogP contribution in [-0.2, 0) is 20.7 Å². The lowest BCUT2D eigenvalue weighted by Crippen LogP contribution is -2.27. The number of carbonyl (C=O) groups is 2. The third-order valence-electron chi connectivity index (χ3n) is 2.36. The SMILES string of the molecule is CCc1ccccc1C(=O)OCC(=O)OC(C)(C)C. The summed E-state index contributed by atoms with van der Waals surface area (Å²) in [6, 6.07) is 7.19. The highest BCUT2D eigenvalue weighted by atomic mass is 16.6. The molecule has 0 atom stereocenters. The van der Waals surface area contributed by atoms with E-state index in [1.807, 2.05) is 19.1 Å². The van der Waals surface area contributed by atoms with Crippen LogP contribution in [0, 0.1) is 0 Å². The summed E-state index contributed by atoms with van der Waals surface area (Å²) in [5.74, 6) is -1.04. The Balaban J connectivity index is 2.59. The average molecular weight is 264 g/mol. The molecule has 0 bridgehead atoms. The monoisotopic (exact) mass is 264 g/mol. The molecule has 0 aliphatic carbocycles. The third kappa shape index (κ3) is 5.12. The van der Waals surface area contributed by atoms with Crippen molar-refractivity contribution in [2.24, 2.45) is 0 Å². The summed E-state index contributed by atoms with van der Waals surface area (Å²) in [6.45, 7) is 6.88. The molecule has 0 fully saturated rings. The summed E-state index contributed by atoms with van der Waals surface area (Å²) in [6.07, 6.45) is 0.734. The molecule has 0 saturated carbocycles. The predicted molar refractivity (Wildman–Crippen MR) is 71.9 cm³/mol.